The van der Waals surface area contributed by atoms with Crippen LogP contribution in [0.4, 0.5) is 13.2 Å². The molecule has 0 saturated carbocycles. The van der Waals surface area contributed by atoms with Crippen molar-refractivity contribution in [1.29, 1.82) is 0 Å². The first-order valence-electron chi connectivity index (χ1n) is 11.6. The second kappa shape index (κ2) is 11.0. The van der Waals surface area contributed by atoms with Crippen molar-refractivity contribution < 1.29 is 32.5 Å². The van der Waals surface area contributed by atoms with Gasteiger partial charge in [0.2, 0.25) is 0 Å². The lowest BCUT2D eigenvalue weighted by atomic mass is 9.88. The Hall–Kier alpha value is -2.55. The topological polar surface area (TPSA) is 59.0 Å². The summed E-state index contributed by atoms with van der Waals surface area (Å²) >= 11 is 5.74. The van der Waals surface area contributed by atoms with Crippen LogP contribution in [0, 0.1) is 0 Å². The zero-order valence-electron chi connectivity index (χ0n) is 19.1. The molecule has 9 heteroatoms. The van der Waals surface area contributed by atoms with E-state index in [1.165, 1.54) is 6.07 Å². The average Bonchev–Trinajstić information content (AvgIpc) is 3.23. The van der Waals surface area contributed by atoms with Crippen LogP contribution in [0.25, 0.3) is 6.08 Å². The molecule has 1 atom stereocenters. The lowest BCUT2D eigenvalue weighted by Gasteiger charge is -2.33. The van der Waals surface area contributed by atoms with E-state index in [0.717, 1.165) is 11.6 Å². The molecule has 0 aliphatic carbocycles. The lowest BCUT2D eigenvalue weighted by Crippen LogP contribution is -2.40. The summed E-state index contributed by atoms with van der Waals surface area (Å²) in [5.74, 6) is 0.261. The van der Waals surface area contributed by atoms with Crippen molar-refractivity contribution >= 4 is 23.6 Å². The first-order valence-corrected chi connectivity index (χ1v) is 11.9. The molecule has 1 N–H and O–H groups in total. The van der Waals surface area contributed by atoms with Crippen molar-refractivity contribution in [3.8, 4) is 5.75 Å². The van der Waals surface area contributed by atoms with Gasteiger partial charge in [0, 0.05) is 24.1 Å². The van der Waals surface area contributed by atoms with Gasteiger partial charge >= 0.3 is 12.1 Å². The maximum atomic E-state index is 13.2. The van der Waals surface area contributed by atoms with Gasteiger partial charge in [-0.15, -0.1) is 0 Å². The molecule has 2 saturated heterocycles. The smallest absolute Gasteiger partial charge is 0.417 e. The van der Waals surface area contributed by atoms with E-state index in [1.807, 2.05) is 18.2 Å². The molecule has 2 heterocycles. The Balaban J connectivity index is 1.28. The SMILES string of the molecule is O=C1OCC/C1=C\c1ccccc1OC[C@@H](O)CN1CCC(c2ccc(Cl)c(C(F)(F)F)c2)CC1. The number of nitrogens with zero attached hydrogens (tertiary/aromatic N) is 1. The Labute approximate surface area is 207 Å². The second-order valence-electron chi connectivity index (χ2n) is 8.87. The average molecular weight is 510 g/mol. The Morgan fingerprint density at radius 2 is 1.94 bits per heavy atom. The number of rotatable bonds is 7. The minimum absolute atomic E-state index is 0.0141. The first-order chi connectivity index (χ1) is 16.7. The Kier molecular flexibility index (Phi) is 8.04. The molecule has 2 aliphatic rings. The highest BCUT2D eigenvalue weighted by molar-refractivity contribution is 6.31. The highest BCUT2D eigenvalue weighted by atomic mass is 35.5. The molecule has 2 aliphatic heterocycles. The van der Waals surface area contributed by atoms with Crippen LogP contribution in [0.15, 0.2) is 48.0 Å². The van der Waals surface area contributed by atoms with Crippen LogP contribution in [0.3, 0.4) is 0 Å². The van der Waals surface area contributed by atoms with E-state index >= 15 is 0 Å². The molecule has 2 aromatic rings. The molecule has 0 spiro atoms. The van der Waals surface area contributed by atoms with E-state index in [0.29, 0.717) is 62.4 Å². The Morgan fingerprint density at radius 3 is 2.63 bits per heavy atom. The molecule has 0 amide bonds. The summed E-state index contributed by atoms with van der Waals surface area (Å²) in [6, 6.07) is 11.4. The quantitative estimate of drug-likeness (QED) is 0.405. The molecule has 5 nitrogen and oxygen atoms in total. The fraction of sp³-hybridized carbons (Fsp3) is 0.423. The monoisotopic (exact) mass is 509 g/mol. The summed E-state index contributed by atoms with van der Waals surface area (Å²) < 4.78 is 50.4. The van der Waals surface area contributed by atoms with Gasteiger partial charge in [0.05, 0.1) is 17.2 Å². The van der Waals surface area contributed by atoms with Crippen LogP contribution >= 0.6 is 11.6 Å². The number of hydrogen-bond acceptors (Lipinski definition) is 5. The Morgan fingerprint density at radius 1 is 1.20 bits per heavy atom. The van der Waals surface area contributed by atoms with Gasteiger partial charge in [0.1, 0.15) is 18.5 Å². The predicted molar refractivity (Wildman–Crippen MR) is 126 cm³/mol. The van der Waals surface area contributed by atoms with Crippen molar-refractivity contribution in [3.05, 3.63) is 69.8 Å². The van der Waals surface area contributed by atoms with Crippen LogP contribution in [0.5, 0.6) is 5.75 Å². The third-order valence-electron chi connectivity index (χ3n) is 6.37. The summed E-state index contributed by atoms with van der Waals surface area (Å²) in [4.78, 5) is 13.8. The molecule has 0 radical (unpaired) electrons. The van der Waals surface area contributed by atoms with E-state index in [2.05, 4.69) is 4.90 Å². The highest BCUT2D eigenvalue weighted by Crippen LogP contribution is 2.38. The summed E-state index contributed by atoms with van der Waals surface area (Å²) in [6.07, 6.45) is -1.52. The van der Waals surface area contributed by atoms with Crippen LogP contribution < -0.4 is 4.74 Å². The maximum Gasteiger partial charge on any atom is 0.417 e. The first kappa shape index (κ1) is 25.5. The van der Waals surface area contributed by atoms with E-state index in [9.17, 15) is 23.1 Å². The van der Waals surface area contributed by atoms with Crippen LogP contribution in [0.1, 0.15) is 41.9 Å². The normalized spacial score (nSPS) is 19.7. The van der Waals surface area contributed by atoms with Gasteiger partial charge in [-0.05, 0) is 61.7 Å². The molecule has 188 valence electrons. The summed E-state index contributed by atoms with van der Waals surface area (Å²) in [5, 5.41) is 10.2. The molecule has 35 heavy (non-hydrogen) atoms. The van der Waals surface area contributed by atoms with Gasteiger partial charge in [0.25, 0.3) is 0 Å². The maximum absolute atomic E-state index is 13.2. The number of esters is 1. The fourth-order valence-corrected chi connectivity index (χ4v) is 4.72. The highest BCUT2D eigenvalue weighted by Gasteiger charge is 2.34. The number of aliphatic hydroxyl groups is 1. The van der Waals surface area contributed by atoms with E-state index in [1.54, 1.807) is 18.2 Å². The van der Waals surface area contributed by atoms with Gasteiger partial charge in [0.15, 0.2) is 0 Å². The number of halogens is 4. The van der Waals surface area contributed by atoms with Crippen molar-refractivity contribution in [1.82, 2.24) is 4.90 Å². The van der Waals surface area contributed by atoms with Gasteiger partial charge in [-0.2, -0.15) is 13.2 Å². The number of likely N-dealkylation sites (tertiary alicyclic amines) is 1. The zero-order valence-corrected chi connectivity index (χ0v) is 19.8. The number of β-amino-alcohol motifs (C(OH)–C–C–N with tert-alkyl or cyclic N) is 1. The number of piperidine rings is 1. The Bertz CT molecular complexity index is 1080. The fourth-order valence-electron chi connectivity index (χ4n) is 4.50. The molecular formula is C26H27ClF3NO4. The number of carbonyl (C=O) groups is 1. The van der Waals surface area contributed by atoms with Crippen LogP contribution in [-0.2, 0) is 15.7 Å². The molecule has 0 aromatic heterocycles. The molecule has 0 unspecified atom stereocenters. The summed E-state index contributed by atoms with van der Waals surface area (Å²) in [7, 11) is 0. The molecule has 0 bridgehead atoms. The summed E-state index contributed by atoms with van der Waals surface area (Å²) in [6.45, 7) is 2.19. The van der Waals surface area contributed by atoms with E-state index < -0.39 is 17.8 Å². The van der Waals surface area contributed by atoms with E-state index in [-0.39, 0.29) is 23.5 Å². The number of benzene rings is 2. The van der Waals surface area contributed by atoms with Crippen LogP contribution in [-0.4, -0.2) is 54.9 Å². The van der Waals surface area contributed by atoms with Crippen molar-refractivity contribution in [2.75, 3.05) is 32.8 Å². The summed E-state index contributed by atoms with van der Waals surface area (Å²) in [5.41, 5.74) is 1.18. The second-order valence-corrected chi connectivity index (χ2v) is 9.28. The van der Waals surface area contributed by atoms with Gasteiger partial charge in [-0.3, -0.25) is 0 Å². The van der Waals surface area contributed by atoms with Gasteiger partial charge in [-0.25, -0.2) is 4.79 Å². The lowest BCUT2D eigenvalue weighted by molar-refractivity contribution is -0.137. The standard InChI is InChI=1S/C26H27ClF3NO4/c27-23-6-5-18(14-22(23)26(28,29)30)17-7-10-31(11-8-17)15-21(32)16-35-24-4-2-1-3-19(24)13-20-9-12-34-25(20)33/h1-6,13-14,17,21,32H,7-12,15-16H2/b20-13+/t21-/m0/s1. The number of alkyl halides is 3. The van der Waals surface area contributed by atoms with Crippen molar-refractivity contribution in [3.63, 3.8) is 0 Å². The number of carbonyl (C=O) groups excluding carboxylic acids is 1. The molecule has 4 rings (SSSR count). The predicted octanol–water partition coefficient (Wildman–Crippen LogP) is 5.31. The van der Waals surface area contributed by atoms with Gasteiger partial charge in [-0.1, -0.05) is 35.9 Å². The van der Waals surface area contributed by atoms with E-state index in [4.69, 9.17) is 21.1 Å². The largest absolute Gasteiger partial charge is 0.490 e. The van der Waals surface area contributed by atoms with Crippen LogP contribution in [0.2, 0.25) is 5.02 Å². The third kappa shape index (κ3) is 6.57. The number of cyclic esters (lactones) is 1. The molecule has 2 aromatic carbocycles. The van der Waals surface area contributed by atoms with Crippen molar-refractivity contribution in [2.24, 2.45) is 0 Å². The minimum Gasteiger partial charge on any atom is -0.490 e. The molecular weight excluding hydrogens is 483 g/mol. The van der Waals surface area contributed by atoms with Gasteiger partial charge < -0.3 is 19.5 Å². The van der Waals surface area contributed by atoms with Crippen molar-refractivity contribution in [2.45, 2.75) is 37.5 Å². The number of hydrogen-bond donors (Lipinski definition) is 1. The number of ether oxygens (including phenoxy) is 2. The number of aliphatic hydroxyl groups excluding tert-OH is 1. The third-order valence-corrected chi connectivity index (χ3v) is 6.70. The minimum atomic E-state index is -4.48. The number of para-hydroxylation sites is 1. The zero-order chi connectivity index (χ0) is 25.0. The molecule has 2 fully saturated rings.